The Morgan fingerprint density at radius 3 is 1.39 bits per heavy atom. The first-order valence-electron chi connectivity index (χ1n) is 20.4. The van der Waals surface area contributed by atoms with Crippen LogP contribution in [0.25, 0.3) is 122 Å². The summed E-state index contributed by atoms with van der Waals surface area (Å²) < 4.78 is 6.13. The van der Waals surface area contributed by atoms with Crippen LogP contribution in [0.1, 0.15) is 0 Å². The molecule has 0 unspecified atom stereocenters. The van der Waals surface area contributed by atoms with Gasteiger partial charge in [-0.1, -0.05) is 170 Å². The third-order valence-electron chi connectivity index (χ3n) is 11.7. The van der Waals surface area contributed by atoms with Crippen LogP contribution in [-0.4, -0.2) is 19.9 Å². The number of benzene rings is 9. The second kappa shape index (κ2) is 14.2. The lowest BCUT2D eigenvalue weighted by molar-refractivity contribution is 0.669. The topological polar surface area (TPSA) is 64.7 Å². The smallest absolute Gasteiger partial charge is 0.160 e. The van der Waals surface area contributed by atoms with E-state index in [4.69, 9.17) is 24.4 Å². The highest BCUT2D eigenvalue weighted by Gasteiger charge is 2.14. The molecule has 5 nitrogen and oxygen atoms in total. The van der Waals surface area contributed by atoms with Crippen molar-refractivity contribution in [2.45, 2.75) is 0 Å². The van der Waals surface area contributed by atoms with Gasteiger partial charge in [-0.3, -0.25) is 0 Å². The highest BCUT2D eigenvalue weighted by molar-refractivity contribution is 6.09. The Morgan fingerprint density at radius 2 is 0.721 bits per heavy atom. The van der Waals surface area contributed by atoms with Gasteiger partial charge in [-0.15, -0.1) is 0 Å². The molecule has 0 amide bonds. The SMILES string of the molecule is c1ccc(-c2ccc(-c3nc(-c4ccc(-c5ccc(-c6ccc(-c7ccc8nc9cc%10c(cc9nc8c7)oc7ccccc7%10)cc6)cc5)cc4)nc4ccccc34)cc2)cc1. The molecule has 0 saturated carbocycles. The average Bonchev–Trinajstić information content (AvgIpc) is 3.69. The maximum Gasteiger partial charge on any atom is 0.160 e. The average molecular weight is 779 g/mol. The first-order valence-corrected chi connectivity index (χ1v) is 20.4. The lowest BCUT2D eigenvalue weighted by Gasteiger charge is -2.11. The largest absolute Gasteiger partial charge is 0.456 e. The molecule has 0 aliphatic rings. The lowest BCUT2D eigenvalue weighted by Crippen LogP contribution is -1.95. The van der Waals surface area contributed by atoms with Crippen molar-refractivity contribution in [3.63, 3.8) is 0 Å². The van der Waals surface area contributed by atoms with Gasteiger partial charge >= 0.3 is 0 Å². The van der Waals surface area contributed by atoms with Gasteiger partial charge in [0.15, 0.2) is 5.82 Å². The van der Waals surface area contributed by atoms with E-state index in [1.807, 2.05) is 42.5 Å². The summed E-state index contributed by atoms with van der Waals surface area (Å²) in [5, 5.41) is 3.18. The molecular formula is C56H34N4O. The number of rotatable bonds is 6. The standard InChI is InChI=1S/C56H34N4O/c1-2-8-35(9-3-1)36-22-26-42(27-23-36)55-46-11-4-6-12-48(46)59-56(60-55)43-28-24-40(25-29-43)38-16-14-37(15-17-38)39-18-20-41(21-19-39)44-30-31-49-50(32-44)58-52-34-54-47(33-51(52)57-49)45-10-5-7-13-53(45)61-54/h1-34H. The summed E-state index contributed by atoms with van der Waals surface area (Å²) in [5.41, 5.74) is 18.2. The van der Waals surface area contributed by atoms with Gasteiger partial charge in [0.25, 0.3) is 0 Å². The third kappa shape index (κ3) is 6.28. The van der Waals surface area contributed by atoms with Gasteiger partial charge in [0.2, 0.25) is 0 Å². The molecule has 5 heteroatoms. The van der Waals surface area contributed by atoms with E-state index in [1.165, 1.54) is 11.1 Å². The molecule has 0 radical (unpaired) electrons. The Kier molecular flexibility index (Phi) is 8.10. The molecule has 12 aromatic rings. The maximum absolute atomic E-state index is 6.13. The van der Waals surface area contributed by atoms with Crippen LogP contribution in [0, 0.1) is 0 Å². The summed E-state index contributed by atoms with van der Waals surface area (Å²) in [6.45, 7) is 0. The Balaban J connectivity index is 0.781. The molecule has 0 N–H and O–H groups in total. The van der Waals surface area contributed by atoms with Crippen molar-refractivity contribution in [3.8, 4) is 67.2 Å². The fourth-order valence-electron chi connectivity index (χ4n) is 8.47. The molecule has 0 bridgehead atoms. The van der Waals surface area contributed by atoms with Crippen LogP contribution >= 0.6 is 0 Å². The number of aromatic nitrogens is 4. The van der Waals surface area contributed by atoms with Gasteiger partial charge < -0.3 is 4.42 Å². The van der Waals surface area contributed by atoms with Crippen LogP contribution < -0.4 is 0 Å². The Bertz CT molecular complexity index is 3600. The van der Waals surface area contributed by atoms with E-state index in [-0.39, 0.29) is 0 Å². The lowest BCUT2D eigenvalue weighted by atomic mass is 9.97. The summed E-state index contributed by atoms with van der Waals surface area (Å²) in [7, 11) is 0. The normalized spacial score (nSPS) is 11.6. The molecule has 9 aromatic carbocycles. The molecule has 0 saturated heterocycles. The van der Waals surface area contributed by atoms with Gasteiger partial charge in [0.1, 0.15) is 11.2 Å². The fraction of sp³-hybridized carbons (Fsp3) is 0. The van der Waals surface area contributed by atoms with Crippen molar-refractivity contribution in [1.29, 1.82) is 0 Å². The number of hydrogen-bond donors (Lipinski definition) is 0. The van der Waals surface area contributed by atoms with Gasteiger partial charge in [0.05, 0.1) is 33.3 Å². The Morgan fingerprint density at radius 1 is 0.246 bits per heavy atom. The molecule has 61 heavy (non-hydrogen) atoms. The number of nitrogens with zero attached hydrogens (tertiary/aromatic N) is 4. The number of hydrogen-bond acceptors (Lipinski definition) is 5. The summed E-state index contributed by atoms with van der Waals surface area (Å²) in [6, 6.07) is 71.9. The molecule has 0 aliphatic heterocycles. The Hall–Kier alpha value is -8.28. The number of para-hydroxylation sites is 2. The van der Waals surface area contributed by atoms with Crippen molar-refractivity contribution in [1.82, 2.24) is 19.9 Å². The Labute approximate surface area is 351 Å². The molecule has 12 rings (SSSR count). The molecule has 3 heterocycles. The summed E-state index contributed by atoms with van der Waals surface area (Å²) >= 11 is 0. The van der Waals surface area contributed by atoms with E-state index in [0.717, 1.165) is 105 Å². The number of furan rings is 1. The fourth-order valence-corrected chi connectivity index (χ4v) is 8.47. The van der Waals surface area contributed by atoms with E-state index in [0.29, 0.717) is 5.82 Å². The monoisotopic (exact) mass is 778 g/mol. The minimum atomic E-state index is 0.709. The molecule has 284 valence electrons. The summed E-state index contributed by atoms with van der Waals surface area (Å²) in [5.74, 6) is 0.709. The second-order valence-corrected chi connectivity index (χ2v) is 15.5. The molecular weight excluding hydrogens is 745 g/mol. The highest BCUT2D eigenvalue weighted by atomic mass is 16.3. The summed E-state index contributed by atoms with van der Waals surface area (Å²) in [4.78, 5) is 20.1. The minimum absolute atomic E-state index is 0.709. The van der Waals surface area contributed by atoms with Crippen molar-refractivity contribution in [2.24, 2.45) is 0 Å². The molecule has 0 spiro atoms. The molecule has 0 atom stereocenters. The highest BCUT2D eigenvalue weighted by Crippen LogP contribution is 2.35. The van der Waals surface area contributed by atoms with Gasteiger partial charge in [-0.2, -0.15) is 0 Å². The van der Waals surface area contributed by atoms with E-state index in [1.54, 1.807) is 0 Å². The van der Waals surface area contributed by atoms with E-state index >= 15 is 0 Å². The molecule has 3 aromatic heterocycles. The first-order chi connectivity index (χ1) is 30.2. The van der Waals surface area contributed by atoms with E-state index in [9.17, 15) is 0 Å². The zero-order valence-corrected chi connectivity index (χ0v) is 32.8. The third-order valence-corrected chi connectivity index (χ3v) is 11.7. The predicted octanol–water partition coefficient (Wildman–Crippen LogP) is 14.6. The van der Waals surface area contributed by atoms with Gasteiger partial charge in [-0.05, 0) is 74.8 Å². The van der Waals surface area contributed by atoms with Crippen LogP contribution in [0.15, 0.2) is 211 Å². The van der Waals surface area contributed by atoms with Crippen molar-refractivity contribution in [3.05, 3.63) is 206 Å². The van der Waals surface area contributed by atoms with Crippen LogP contribution in [0.5, 0.6) is 0 Å². The number of fused-ring (bicyclic) bond motifs is 6. The minimum Gasteiger partial charge on any atom is -0.456 e. The zero-order valence-electron chi connectivity index (χ0n) is 32.8. The zero-order chi connectivity index (χ0) is 40.3. The van der Waals surface area contributed by atoms with Crippen molar-refractivity contribution < 1.29 is 4.42 Å². The molecule has 0 fully saturated rings. The van der Waals surface area contributed by atoms with Crippen LogP contribution in [0.4, 0.5) is 0 Å². The second-order valence-electron chi connectivity index (χ2n) is 15.5. The predicted molar refractivity (Wildman–Crippen MR) is 250 cm³/mol. The van der Waals surface area contributed by atoms with Crippen LogP contribution in [-0.2, 0) is 0 Å². The van der Waals surface area contributed by atoms with Gasteiger partial charge in [0, 0.05) is 33.4 Å². The van der Waals surface area contributed by atoms with Crippen LogP contribution in [0.3, 0.4) is 0 Å². The summed E-state index contributed by atoms with van der Waals surface area (Å²) in [6.07, 6.45) is 0. The quantitative estimate of drug-likeness (QED) is 0.157. The van der Waals surface area contributed by atoms with E-state index < -0.39 is 0 Å². The van der Waals surface area contributed by atoms with E-state index in [2.05, 4.69) is 164 Å². The molecule has 0 aliphatic carbocycles. The first kappa shape index (κ1) is 34.7. The maximum atomic E-state index is 6.13. The van der Waals surface area contributed by atoms with Crippen molar-refractivity contribution in [2.75, 3.05) is 0 Å². The van der Waals surface area contributed by atoms with Gasteiger partial charge in [-0.25, -0.2) is 19.9 Å². The van der Waals surface area contributed by atoms with Crippen LogP contribution in [0.2, 0.25) is 0 Å². The van der Waals surface area contributed by atoms with Crippen molar-refractivity contribution >= 4 is 54.9 Å².